The van der Waals surface area contributed by atoms with Gasteiger partial charge in [0.2, 0.25) is 0 Å². The molecule has 0 aliphatic rings. The third-order valence-corrected chi connectivity index (χ3v) is 5.17. The van der Waals surface area contributed by atoms with Crippen LogP contribution in [-0.2, 0) is 13.0 Å². The van der Waals surface area contributed by atoms with Gasteiger partial charge in [-0.3, -0.25) is 0 Å². The average molecular weight is 400 g/mol. The van der Waals surface area contributed by atoms with Crippen LogP contribution in [-0.4, -0.2) is 42.5 Å². The number of para-hydroxylation sites is 1. The molecule has 0 fully saturated rings. The van der Waals surface area contributed by atoms with Crippen molar-refractivity contribution in [3.8, 4) is 17.2 Å². The first-order valence-corrected chi connectivity index (χ1v) is 9.60. The van der Waals surface area contributed by atoms with Crippen LogP contribution in [0.15, 0.2) is 48.5 Å². The van der Waals surface area contributed by atoms with Crippen molar-refractivity contribution in [1.29, 1.82) is 0 Å². The van der Waals surface area contributed by atoms with Crippen LogP contribution in [0, 0.1) is 6.92 Å². The maximum absolute atomic E-state index is 6.64. The Morgan fingerprint density at radius 2 is 1.75 bits per heavy atom. The Morgan fingerprint density at radius 3 is 2.43 bits per heavy atom. The Morgan fingerprint density at radius 1 is 1.04 bits per heavy atom. The SMILES string of the molecule is COc1ccc(CCN(C)Cc2c(C)nn(-c3ccccc3)c2Cl)cc1OC. The van der Waals surface area contributed by atoms with Crippen molar-refractivity contribution in [2.75, 3.05) is 27.8 Å². The summed E-state index contributed by atoms with van der Waals surface area (Å²) in [6, 6.07) is 16.0. The number of nitrogens with zero attached hydrogens (tertiary/aromatic N) is 3. The van der Waals surface area contributed by atoms with Gasteiger partial charge in [-0.1, -0.05) is 35.9 Å². The first-order chi connectivity index (χ1) is 13.5. The Bertz CT molecular complexity index is 925. The quantitative estimate of drug-likeness (QED) is 0.558. The summed E-state index contributed by atoms with van der Waals surface area (Å²) in [4.78, 5) is 2.25. The Balaban J connectivity index is 1.67. The standard InChI is InChI=1S/C22H26ClN3O2/c1-16-19(22(23)26(24-16)18-8-6-5-7-9-18)15-25(2)13-12-17-10-11-20(27-3)21(14-17)28-4/h5-11,14H,12-13,15H2,1-4H3. The highest BCUT2D eigenvalue weighted by molar-refractivity contribution is 6.30. The number of aryl methyl sites for hydroxylation is 1. The van der Waals surface area contributed by atoms with E-state index < -0.39 is 0 Å². The number of rotatable bonds is 8. The third-order valence-electron chi connectivity index (χ3n) is 4.78. The Kier molecular flexibility index (Phi) is 6.60. The van der Waals surface area contributed by atoms with Gasteiger partial charge in [0.1, 0.15) is 5.15 Å². The highest BCUT2D eigenvalue weighted by Gasteiger charge is 2.16. The Labute approximate surface area is 171 Å². The van der Waals surface area contributed by atoms with Crippen molar-refractivity contribution in [1.82, 2.24) is 14.7 Å². The van der Waals surface area contributed by atoms with E-state index in [-0.39, 0.29) is 0 Å². The van der Waals surface area contributed by atoms with E-state index in [1.807, 2.05) is 49.4 Å². The summed E-state index contributed by atoms with van der Waals surface area (Å²) in [5, 5.41) is 5.29. The summed E-state index contributed by atoms with van der Waals surface area (Å²) < 4.78 is 12.5. The third kappa shape index (κ3) is 4.49. The fourth-order valence-electron chi connectivity index (χ4n) is 3.16. The van der Waals surface area contributed by atoms with Gasteiger partial charge >= 0.3 is 0 Å². The van der Waals surface area contributed by atoms with Gasteiger partial charge in [0.05, 0.1) is 25.6 Å². The molecule has 0 N–H and O–H groups in total. The summed E-state index contributed by atoms with van der Waals surface area (Å²) in [6.07, 6.45) is 0.903. The number of ether oxygens (including phenoxy) is 2. The van der Waals surface area contributed by atoms with Crippen molar-refractivity contribution >= 4 is 11.6 Å². The molecule has 0 saturated carbocycles. The molecule has 148 valence electrons. The molecule has 0 radical (unpaired) electrons. The molecule has 2 aromatic carbocycles. The molecular formula is C22H26ClN3O2. The zero-order valence-corrected chi connectivity index (χ0v) is 17.5. The molecule has 0 atom stereocenters. The van der Waals surface area contributed by atoms with Gasteiger partial charge in [-0.25, -0.2) is 4.68 Å². The largest absolute Gasteiger partial charge is 0.493 e. The topological polar surface area (TPSA) is 39.5 Å². The van der Waals surface area contributed by atoms with Gasteiger partial charge in [0.15, 0.2) is 11.5 Å². The summed E-state index contributed by atoms with van der Waals surface area (Å²) >= 11 is 6.64. The van der Waals surface area contributed by atoms with Gasteiger partial charge < -0.3 is 14.4 Å². The molecule has 28 heavy (non-hydrogen) atoms. The smallest absolute Gasteiger partial charge is 0.160 e. The molecule has 6 heteroatoms. The van der Waals surface area contributed by atoms with E-state index in [2.05, 4.69) is 23.1 Å². The average Bonchev–Trinajstić information content (AvgIpc) is 3.00. The van der Waals surface area contributed by atoms with Gasteiger partial charge in [0, 0.05) is 18.7 Å². The number of likely N-dealkylation sites (N-methyl/N-ethyl adjacent to an activating group) is 1. The number of hydrogen-bond donors (Lipinski definition) is 0. The van der Waals surface area contributed by atoms with E-state index in [9.17, 15) is 0 Å². The molecule has 3 aromatic rings. The van der Waals surface area contributed by atoms with Gasteiger partial charge in [-0.05, 0) is 50.2 Å². The van der Waals surface area contributed by atoms with Gasteiger partial charge in [-0.15, -0.1) is 0 Å². The van der Waals surface area contributed by atoms with Crippen LogP contribution in [0.5, 0.6) is 11.5 Å². The zero-order valence-electron chi connectivity index (χ0n) is 16.8. The first kappa shape index (κ1) is 20.2. The van der Waals surface area contributed by atoms with E-state index in [0.717, 1.165) is 48.0 Å². The Hall–Kier alpha value is -2.50. The van der Waals surface area contributed by atoms with E-state index in [1.54, 1.807) is 18.9 Å². The number of methoxy groups -OCH3 is 2. The highest BCUT2D eigenvalue weighted by Crippen LogP contribution is 2.28. The van der Waals surface area contributed by atoms with Gasteiger partial charge in [0.25, 0.3) is 0 Å². The van der Waals surface area contributed by atoms with Crippen LogP contribution < -0.4 is 9.47 Å². The lowest BCUT2D eigenvalue weighted by Crippen LogP contribution is -2.21. The molecule has 5 nitrogen and oxygen atoms in total. The normalized spacial score (nSPS) is 11.1. The predicted molar refractivity (Wildman–Crippen MR) is 113 cm³/mol. The number of halogens is 1. The number of benzene rings is 2. The van der Waals surface area contributed by atoms with Crippen LogP contribution in [0.4, 0.5) is 0 Å². The highest BCUT2D eigenvalue weighted by atomic mass is 35.5. The van der Waals surface area contributed by atoms with E-state index in [4.69, 9.17) is 21.1 Å². The van der Waals surface area contributed by atoms with Crippen molar-refractivity contribution in [3.05, 3.63) is 70.5 Å². The zero-order chi connectivity index (χ0) is 20.1. The fourth-order valence-corrected chi connectivity index (χ4v) is 3.49. The van der Waals surface area contributed by atoms with Crippen molar-refractivity contribution in [3.63, 3.8) is 0 Å². The second kappa shape index (κ2) is 9.13. The van der Waals surface area contributed by atoms with E-state index >= 15 is 0 Å². The molecule has 0 bridgehead atoms. The van der Waals surface area contributed by atoms with Crippen LogP contribution >= 0.6 is 11.6 Å². The minimum atomic E-state index is 0.668. The molecule has 0 saturated heterocycles. The van der Waals surface area contributed by atoms with Crippen LogP contribution in [0.1, 0.15) is 16.8 Å². The lowest BCUT2D eigenvalue weighted by atomic mass is 10.1. The fraction of sp³-hybridized carbons (Fsp3) is 0.318. The molecule has 0 amide bonds. The molecule has 1 aromatic heterocycles. The maximum Gasteiger partial charge on any atom is 0.160 e. The summed E-state index contributed by atoms with van der Waals surface area (Å²) in [5.74, 6) is 1.50. The monoisotopic (exact) mass is 399 g/mol. The minimum absolute atomic E-state index is 0.668. The predicted octanol–water partition coefficient (Wildman–Crippen LogP) is 4.53. The summed E-state index contributed by atoms with van der Waals surface area (Å²) in [7, 11) is 5.40. The molecule has 0 aliphatic heterocycles. The van der Waals surface area contributed by atoms with Crippen molar-refractivity contribution in [2.24, 2.45) is 0 Å². The van der Waals surface area contributed by atoms with Crippen LogP contribution in [0.3, 0.4) is 0 Å². The summed E-state index contributed by atoms with van der Waals surface area (Å²) in [5.41, 5.74) is 4.18. The van der Waals surface area contributed by atoms with Crippen molar-refractivity contribution < 1.29 is 9.47 Å². The lowest BCUT2D eigenvalue weighted by molar-refractivity contribution is 0.329. The van der Waals surface area contributed by atoms with Crippen LogP contribution in [0.25, 0.3) is 5.69 Å². The molecule has 1 heterocycles. The van der Waals surface area contributed by atoms with Crippen LogP contribution in [0.2, 0.25) is 5.15 Å². The first-order valence-electron chi connectivity index (χ1n) is 9.22. The van der Waals surface area contributed by atoms with Gasteiger partial charge in [-0.2, -0.15) is 5.10 Å². The second-order valence-corrected chi connectivity index (χ2v) is 7.14. The maximum atomic E-state index is 6.64. The number of aromatic nitrogens is 2. The van der Waals surface area contributed by atoms with E-state index in [1.165, 1.54) is 5.56 Å². The van der Waals surface area contributed by atoms with Crippen molar-refractivity contribution in [2.45, 2.75) is 19.9 Å². The minimum Gasteiger partial charge on any atom is -0.493 e. The summed E-state index contributed by atoms with van der Waals surface area (Å²) in [6.45, 7) is 3.63. The van der Waals surface area contributed by atoms with E-state index in [0.29, 0.717) is 5.15 Å². The molecule has 3 rings (SSSR count). The molecular weight excluding hydrogens is 374 g/mol. The molecule has 0 spiro atoms. The molecule has 0 unspecified atom stereocenters. The molecule has 0 aliphatic carbocycles. The number of hydrogen-bond acceptors (Lipinski definition) is 4. The second-order valence-electron chi connectivity index (χ2n) is 6.78. The lowest BCUT2D eigenvalue weighted by Gasteiger charge is -2.17.